The predicted molar refractivity (Wildman–Crippen MR) is 152 cm³/mol. The quantitative estimate of drug-likeness (QED) is 0.396. The number of allylic oxidation sites excluding steroid dienone is 7. The Hall–Kier alpha value is -3.23. The van der Waals surface area contributed by atoms with Crippen LogP contribution >= 0.6 is 0 Å². The zero-order valence-corrected chi connectivity index (χ0v) is 23.4. The number of rotatable bonds is 6. The number of hydrogen-bond donors (Lipinski definition) is 1. The van der Waals surface area contributed by atoms with Gasteiger partial charge >= 0.3 is 11.1 Å². The van der Waals surface area contributed by atoms with Crippen LogP contribution in [0.4, 0.5) is 0 Å². The topological polar surface area (TPSA) is 48.4 Å². The van der Waals surface area contributed by atoms with Gasteiger partial charge in [-0.1, -0.05) is 64.4 Å². The Labute approximate surface area is 215 Å². The monoisotopic (exact) mass is 485 g/mol. The van der Waals surface area contributed by atoms with E-state index in [9.17, 15) is 0 Å². The minimum absolute atomic E-state index is 0.0871. The van der Waals surface area contributed by atoms with Crippen LogP contribution < -0.4 is 15.2 Å². The summed E-state index contributed by atoms with van der Waals surface area (Å²) >= 11 is 0. The molecule has 2 aliphatic rings. The first kappa shape index (κ1) is 25.9. The average Bonchev–Trinajstić information content (AvgIpc) is 3.37. The lowest BCUT2D eigenvalue weighted by molar-refractivity contribution is 0.0584. The lowest BCUT2D eigenvalue weighted by Gasteiger charge is -2.32. The Kier molecular flexibility index (Phi) is 6.94. The number of H-pyrrole nitrogens is 1. The summed E-state index contributed by atoms with van der Waals surface area (Å²) in [4.78, 5) is 3.56. The van der Waals surface area contributed by atoms with Gasteiger partial charge in [0.1, 0.15) is 11.9 Å². The van der Waals surface area contributed by atoms with Crippen molar-refractivity contribution < 1.29 is 9.47 Å². The smallest absolute Gasteiger partial charge is 0.344 e. The molecule has 4 nitrogen and oxygen atoms in total. The summed E-state index contributed by atoms with van der Waals surface area (Å²) in [5, 5.41) is 4.63. The van der Waals surface area contributed by atoms with E-state index in [0.717, 1.165) is 41.1 Å². The summed E-state index contributed by atoms with van der Waals surface area (Å²) in [6.45, 7) is 17.2. The molecule has 36 heavy (non-hydrogen) atoms. The molecule has 1 aliphatic heterocycles. The first-order valence-electron chi connectivity index (χ1n) is 12.9. The van der Waals surface area contributed by atoms with Gasteiger partial charge in [0.2, 0.25) is 0 Å². The van der Waals surface area contributed by atoms with Crippen LogP contribution in [0.2, 0.25) is 0 Å². The molecule has 1 aliphatic carbocycles. The highest BCUT2D eigenvalue weighted by Crippen LogP contribution is 2.35. The van der Waals surface area contributed by atoms with E-state index in [2.05, 4.69) is 109 Å². The summed E-state index contributed by atoms with van der Waals surface area (Å²) in [5.41, 5.74) is 4.43. The number of aromatic nitrogens is 1. The molecule has 2 aromatic rings. The van der Waals surface area contributed by atoms with Crippen LogP contribution in [-0.2, 0) is 9.47 Å². The van der Waals surface area contributed by atoms with Crippen molar-refractivity contribution in [2.75, 3.05) is 7.11 Å². The molecule has 0 amide bonds. The van der Waals surface area contributed by atoms with Gasteiger partial charge < -0.3 is 14.5 Å². The third-order valence-corrected chi connectivity index (χ3v) is 6.78. The fourth-order valence-corrected chi connectivity index (χ4v) is 4.86. The maximum atomic E-state index is 6.58. The van der Waals surface area contributed by atoms with E-state index in [-0.39, 0.29) is 16.9 Å². The molecule has 0 radical (unpaired) electrons. The van der Waals surface area contributed by atoms with Gasteiger partial charge in [-0.25, -0.2) is 0 Å². The van der Waals surface area contributed by atoms with Gasteiger partial charge in [-0.2, -0.15) is 0 Å². The third kappa shape index (κ3) is 5.29. The lowest BCUT2D eigenvalue weighted by atomic mass is 9.85. The standard InChI is InChI=1S/C32H40N2O2/c1-20-16-23-14-15-25-26(29(23)34-20)19-33-30(25)24-13-11-10-12-22(24)17-21(2)36-28(32(6,7)8)18-27(35-9)31(3,4)5/h12-19,28H,10-11H2,1-9H3/p+1/b21-17-,27-18-. The molecule has 1 unspecified atom stereocenters. The van der Waals surface area contributed by atoms with E-state index in [4.69, 9.17) is 14.1 Å². The van der Waals surface area contributed by atoms with Crippen LogP contribution in [0.3, 0.4) is 0 Å². The molecule has 4 rings (SSSR count). The second-order valence-corrected chi connectivity index (χ2v) is 12.0. The van der Waals surface area contributed by atoms with E-state index < -0.39 is 0 Å². The van der Waals surface area contributed by atoms with Crippen molar-refractivity contribution in [3.05, 3.63) is 76.0 Å². The molecule has 0 fully saturated rings. The Balaban J connectivity index is 1.68. The highest BCUT2D eigenvalue weighted by molar-refractivity contribution is 6.09. The molecule has 2 heterocycles. The zero-order chi connectivity index (χ0) is 26.3. The van der Waals surface area contributed by atoms with E-state index in [1.165, 1.54) is 27.1 Å². The van der Waals surface area contributed by atoms with Crippen molar-refractivity contribution >= 4 is 28.1 Å². The molecule has 4 heteroatoms. The van der Waals surface area contributed by atoms with Crippen molar-refractivity contribution in [1.29, 1.82) is 0 Å². The Morgan fingerprint density at radius 1 is 1.06 bits per heavy atom. The minimum Gasteiger partial charge on any atom is -0.501 e. The van der Waals surface area contributed by atoms with Crippen molar-refractivity contribution in [2.24, 2.45) is 10.8 Å². The van der Waals surface area contributed by atoms with Crippen molar-refractivity contribution in [3.8, 4) is 0 Å². The lowest BCUT2D eigenvalue weighted by Crippen LogP contribution is -2.29. The van der Waals surface area contributed by atoms with Crippen LogP contribution in [0.5, 0.6) is 0 Å². The van der Waals surface area contributed by atoms with Gasteiger partial charge in [-0.05, 0) is 43.6 Å². The Morgan fingerprint density at radius 3 is 2.44 bits per heavy atom. The van der Waals surface area contributed by atoms with Crippen molar-refractivity contribution in [1.82, 2.24) is 9.65 Å². The fourth-order valence-electron chi connectivity index (χ4n) is 4.86. The van der Waals surface area contributed by atoms with Crippen molar-refractivity contribution in [3.63, 3.8) is 0 Å². The van der Waals surface area contributed by atoms with E-state index in [1.54, 1.807) is 7.11 Å². The molecule has 1 atom stereocenters. The first-order chi connectivity index (χ1) is 16.9. The van der Waals surface area contributed by atoms with Crippen LogP contribution in [0, 0.1) is 10.8 Å². The van der Waals surface area contributed by atoms with Crippen molar-refractivity contribution in [2.45, 2.75) is 74.3 Å². The molecule has 0 spiro atoms. The zero-order valence-electron chi connectivity index (χ0n) is 23.4. The van der Waals surface area contributed by atoms with Crippen LogP contribution in [0.1, 0.15) is 73.9 Å². The van der Waals surface area contributed by atoms with E-state index >= 15 is 0 Å². The number of nitrogens with zero attached hydrogens (tertiary/aromatic N) is 1. The molecule has 1 aromatic carbocycles. The number of aromatic amines is 1. The number of nitrogens with one attached hydrogen (secondary N) is 1. The van der Waals surface area contributed by atoms with Gasteiger partial charge in [0.15, 0.2) is 0 Å². The second-order valence-electron chi connectivity index (χ2n) is 12.0. The molecule has 1 aromatic heterocycles. The van der Waals surface area contributed by atoms with E-state index in [0.29, 0.717) is 0 Å². The normalized spacial score (nSPS) is 17.5. The fraction of sp³-hybridized carbons (Fsp3) is 0.438. The van der Waals surface area contributed by atoms with Gasteiger partial charge in [0.25, 0.3) is 0 Å². The molecule has 1 N–H and O–H groups in total. The molecule has 0 bridgehead atoms. The Morgan fingerprint density at radius 2 is 1.78 bits per heavy atom. The highest BCUT2D eigenvalue weighted by atomic mass is 16.5. The molecule has 190 valence electrons. The molecular weight excluding hydrogens is 444 g/mol. The summed E-state index contributed by atoms with van der Waals surface area (Å²) in [5.74, 6) is 1.83. The van der Waals surface area contributed by atoms with Gasteiger partial charge in [-0.3, -0.25) is 0 Å². The van der Waals surface area contributed by atoms with Crippen LogP contribution in [0.15, 0.2) is 59.7 Å². The largest absolute Gasteiger partial charge is 0.501 e. The second kappa shape index (κ2) is 9.67. The predicted octanol–water partition coefficient (Wildman–Crippen LogP) is 6.12. The summed E-state index contributed by atoms with van der Waals surface area (Å²) < 4.78 is 17.1. The average molecular weight is 486 g/mol. The maximum absolute atomic E-state index is 6.58. The number of methoxy groups -OCH3 is 1. The van der Waals surface area contributed by atoms with Crippen LogP contribution in [0.25, 0.3) is 22.4 Å². The van der Waals surface area contributed by atoms with Gasteiger partial charge in [0, 0.05) is 41.0 Å². The first-order valence-corrected chi connectivity index (χ1v) is 12.9. The molecular formula is C32H41N2O2+. The van der Waals surface area contributed by atoms with Gasteiger partial charge in [0.05, 0.1) is 29.2 Å². The summed E-state index contributed by atoms with van der Waals surface area (Å²) in [6.07, 6.45) is 15.1. The number of ether oxygens (including phenoxy) is 2. The minimum atomic E-state index is -0.120. The number of fused-ring (bicyclic) bond motifs is 3. The summed E-state index contributed by atoms with van der Waals surface area (Å²) in [6, 6.07) is 4.39. The SMILES string of the molecule is CO/C(=C\C(O/C(C)=C\C1=CCCC=C1c1[nH]cc2c3c(ccc12)=CC(C)=[N+]=3)C(C)(C)C)C(C)(C)C. The van der Waals surface area contributed by atoms with E-state index in [1.807, 2.05) is 0 Å². The highest BCUT2D eigenvalue weighted by Gasteiger charge is 2.29. The number of benzene rings is 1. The van der Waals surface area contributed by atoms with Gasteiger partial charge in [-0.15, -0.1) is 0 Å². The molecule has 0 saturated carbocycles. The van der Waals surface area contributed by atoms with Crippen LogP contribution in [-0.4, -0.2) is 23.9 Å². The third-order valence-electron chi connectivity index (χ3n) is 6.78. The number of hydrogen-bond acceptors (Lipinski definition) is 2. The Bertz CT molecular complexity index is 1460. The maximum Gasteiger partial charge on any atom is 0.344 e. The molecule has 0 saturated heterocycles. The summed E-state index contributed by atoms with van der Waals surface area (Å²) in [7, 11) is 1.74.